The summed E-state index contributed by atoms with van der Waals surface area (Å²) >= 11 is 1.51. The van der Waals surface area contributed by atoms with E-state index >= 15 is 0 Å². The molecule has 0 aliphatic carbocycles. The van der Waals surface area contributed by atoms with Gasteiger partial charge in [0.05, 0.1) is 11.3 Å². The molecule has 3 nitrogen and oxygen atoms in total. The highest BCUT2D eigenvalue weighted by Crippen LogP contribution is 2.33. The van der Waals surface area contributed by atoms with Crippen LogP contribution in [0.1, 0.15) is 5.56 Å². The van der Waals surface area contributed by atoms with Crippen molar-refractivity contribution in [3.8, 4) is 0 Å². The van der Waals surface area contributed by atoms with Crippen molar-refractivity contribution in [2.45, 2.75) is 11.1 Å². The Hall–Kier alpha value is -1.89. The van der Waals surface area contributed by atoms with Crippen molar-refractivity contribution in [2.24, 2.45) is 0 Å². The molecular weight excluding hydrogens is 299 g/mol. The Morgan fingerprint density at radius 2 is 1.76 bits per heavy atom. The van der Waals surface area contributed by atoms with Gasteiger partial charge in [0.15, 0.2) is 0 Å². The molecule has 0 spiro atoms. The van der Waals surface area contributed by atoms with E-state index in [0.29, 0.717) is 0 Å². The van der Waals surface area contributed by atoms with Crippen LogP contribution < -0.4 is 10.6 Å². The van der Waals surface area contributed by atoms with Crippen LogP contribution in [0.2, 0.25) is 0 Å². The maximum absolute atomic E-state index is 12.9. The Bertz CT molecular complexity index is 629. The number of thioether (sulfide) groups is 1. The fourth-order valence-electron chi connectivity index (χ4n) is 1.77. The molecule has 1 aromatic carbocycles. The zero-order valence-corrected chi connectivity index (χ0v) is 12.3. The SMILES string of the molecule is CNc1cc(C(F)(F)F)cc(Nc2ccccc2SC)n1. The van der Waals surface area contributed by atoms with E-state index in [-0.39, 0.29) is 11.6 Å². The molecule has 0 radical (unpaired) electrons. The van der Waals surface area contributed by atoms with Gasteiger partial charge in [-0.2, -0.15) is 13.2 Å². The summed E-state index contributed by atoms with van der Waals surface area (Å²) in [5.41, 5.74) is -0.0233. The number of benzene rings is 1. The Labute approximate surface area is 125 Å². The second-order valence-corrected chi connectivity index (χ2v) is 5.05. The van der Waals surface area contributed by atoms with Crippen molar-refractivity contribution in [1.29, 1.82) is 0 Å². The average molecular weight is 313 g/mol. The van der Waals surface area contributed by atoms with Gasteiger partial charge >= 0.3 is 6.18 Å². The summed E-state index contributed by atoms with van der Waals surface area (Å²) in [4.78, 5) is 5.04. The first-order chi connectivity index (χ1) is 9.94. The second-order valence-electron chi connectivity index (χ2n) is 4.20. The molecule has 21 heavy (non-hydrogen) atoms. The third-order valence-corrected chi connectivity index (χ3v) is 3.57. The first-order valence-electron chi connectivity index (χ1n) is 6.11. The third-order valence-electron chi connectivity index (χ3n) is 2.78. The molecule has 0 aliphatic heterocycles. The zero-order valence-electron chi connectivity index (χ0n) is 11.5. The van der Waals surface area contributed by atoms with Crippen LogP contribution >= 0.6 is 11.8 Å². The van der Waals surface area contributed by atoms with E-state index < -0.39 is 11.7 Å². The number of halogens is 3. The molecule has 7 heteroatoms. The van der Waals surface area contributed by atoms with Crippen molar-refractivity contribution in [1.82, 2.24) is 4.98 Å². The average Bonchev–Trinajstić information content (AvgIpc) is 2.46. The summed E-state index contributed by atoms with van der Waals surface area (Å²) in [6.07, 6.45) is -2.51. The number of para-hydroxylation sites is 1. The van der Waals surface area contributed by atoms with Crippen LogP contribution in [0.3, 0.4) is 0 Å². The Morgan fingerprint density at radius 3 is 2.38 bits per heavy atom. The topological polar surface area (TPSA) is 37.0 Å². The van der Waals surface area contributed by atoms with Crippen molar-refractivity contribution >= 4 is 29.1 Å². The van der Waals surface area contributed by atoms with Gasteiger partial charge in [0.25, 0.3) is 0 Å². The molecule has 0 fully saturated rings. The Kier molecular flexibility index (Phi) is 4.62. The van der Waals surface area contributed by atoms with E-state index in [9.17, 15) is 13.2 Å². The minimum atomic E-state index is -4.41. The smallest absolute Gasteiger partial charge is 0.373 e. The van der Waals surface area contributed by atoms with Gasteiger partial charge in [-0.05, 0) is 30.5 Å². The van der Waals surface area contributed by atoms with Gasteiger partial charge < -0.3 is 10.6 Å². The number of alkyl halides is 3. The highest BCUT2D eigenvalue weighted by atomic mass is 32.2. The normalized spacial score (nSPS) is 11.3. The summed E-state index contributed by atoms with van der Waals surface area (Å²) < 4.78 is 38.6. The molecule has 0 unspecified atom stereocenters. The van der Waals surface area contributed by atoms with Crippen LogP contribution in [0.25, 0.3) is 0 Å². The molecule has 2 aromatic rings. The maximum Gasteiger partial charge on any atom is 0.416 e. The number of hydrogen-bond donors (Lipinski definition) is 2. The van der Waals surface area contributed by atoms with Gasteiger partial charge in [-0.15, -0.1) is 11.8 Å². The van der Waals surface area contributed by atoms with Crippen LogP contribution in [0.5, 0.6) is 0 Å². The predicted molar refractivity (Wildman–Crippen MR) is 80.3 cm³/mol. The summed E-state index contributed by atoms with van der Waals surface area (Å²) in [5, 5.41) is 5.58. The Balaban J connectivity index is 2.39. The lowest BCUT2D eigenvalue weighted by Crippen LogP contribution is -2.08. The molecule has 0 bridgehead atoms. The van der Waals surface area contributed by atoms with Gasteiger partial charge in [-0.3, -0.25) is 0 Å². The van der Waals surface area contributed by atoms with Crippen LogP contribution in [-0.2, 0) is 6.18 Å². The standard InChI is InChI=1S/C14H14F3N3S/c1-18-12-7-9(14(15,16)17)8-13(20-12)19-10-5-3-4-6-11(10)21-2/h3-8H,1-2H3,(H2,18,19,20). The molecule has 1 heterocycles. The van der Waals surface area contributed by atoms with E-state index in [4.69, 9.17) is 0 Å². The van der Waals surface area contributed by atoms with E-state index in [1.54, 1.807) is 6.07 Å². The zero-order chi connectivity index (χ0) is 15.5. The third kappa shape index (κ3) is 3.81. The van der Waals surface area contributed by atoms with Crippen molar-refractivity contribution in [3.05, 3.63) is 42.0 Å². The van der Waals surface area contributed by atoms with E-state index in [1.165, 1.54) is 18.8 Å². The molecule has 1 aromatic heterocycles. The highest BCUT2D eigenvalue weighted by Gasteiger charge is 2.31. The van der Waals surface area contributed by atoms with Crippen molar-refractivity contribution in [3.63, 3.8) is 0 Å². The quantitative estimate of drug-likeness (QED) is 0.808. The number of pyridine rings is 1. The summed E-state index contributed by atoms with van der Waals surface area (Å²) in [6.45, 7) is 0. The first-order valence-corrected chi connectivity index (χ1v) is 7.33. The number of aromatic nitrogens is 1. The monoisotopic (exact) mass is 313 g/mol. The van der Waals surface area contributed by atoms with Crippen molar-refractivity contribution < 1.29 is 13.2 Å². The van der Waals surface area contributed by atoms with E-state index in [2.05, 4.69) is 15.6 Å². The predicted octanol–water partition coefficient (Wildman–Crippen LogP) is 4.61. The lowest BCUT2D eigenvalue weighted by Gasteiger charge is -2.14. The minimum Gasteiger partial charge on any atom is -0.373 e. The molecule has 0 saturated heterocycles. The number of nitrogens with zero attached hydrogens (tertiary/aromatic N) is 1. The minimum absolute atomic E-state index is 0.149. The number of hydrogen-bond acceptors (Lipinski definition) is 4. The summed E-state index contributed by atoms with van der Waals surface area (Å²) in [5.74, 6) is 0.310. The summed E-state index contributed by atoms with van der Waals surface area (Å²) in [6, 6.07) is 9.35. The van der Waals surface area contributed by atoms with E-state index in [1.807, 2.05) is 24.5 Å². The number of rotatable bonds is 4. The lowest BCUT2D eigenvalue weighted by molar-refractivity contribution is -0.137. The van der Waals surface area contributed by atoms with Crippen molar-refractivity contribution in [2.75, 3.05) is 23.9 Å². The van der Waals surface area contributed by atoms with Crippen LogP contribution in [0, 0.1) is 0 Å². The van der Waals surface area contributed by atoms with Gasteiger partial charge in [-0.1, -0.05) is 12.1 Å². The van der Waals surface area contributed by atoms with Crippen LogP contribution in [-0.4, -0.2) is 18.3 Å². The van der Waals surface area contributed by atoms with Gasteiger partial charge in [0.1, 0.15) is 11.6 Å². The maximum atomic E-state index is 12.9. The lowest BCUT2D eigenvalue weighted by atomic mass is 10.2. The second kappa shape index (κ2) is 6.26. The first kappa shape index (κ1) is 15.5. The molecular formula is C14H14F3N3S. The van der Waals surface area contributed by atoms with Gasteiger partial charge in [0, 0.05) is 11.9 Å². The largest absolute Gasteiger partial charge is 0.416 e. The van der Waals surface area contributed by atoms with Gasteiger partial charge in [-0.25, -0.2) is 4.98 Å². The number of anilines is 3. The Morgan fingerprint density at radius 1 is 1.10 bits per heavy atom. The molecule has 2 N–H and O–H groups in total. The van der Waals surface area contributed by atoms with E-state index in [0.717, 1.165) is 22.7 Å². The molecule has 0 amide bonds. The van der Waals surface area contributed by atoms with Gasteiger partial charge in [0.2, 0.25) is 0 Å². The van der Waals surface area contributed by atoms with Crippen LogP contribution in [0.15, 0.2) is 41.3 Å². The molecule has 112 valence electrons. The summed E-state index contributed by atoms with van der Waals surface area (Å²) in [7, 11) is 1.53. The molecule has 0 atom stereocenters. The van der Waals surface area contributed by atoms with Crippen LogP contribution in [0.4, 0.5) is 30.5 Å². The molecule has 0 saturated carbocycles. The fourth-order valence-corrected chi connectivity index (χ4v) is 2.33. The molecule has 2 rings (SSSR count). The number of nitrogens with one attached hydrogen (secondary N) is 2. The highest BCUT2D eigenvalue weighted by molar-refractivity contribution is 7.98. The molecule has 0 aliphatic rings. The fraction of sp³-hybridized carbons (Fsp3) is 0.214.